The molecule has 1 aromatic rings. The van der Waals surface area contributed by atoms with E-state index in [1.165, 1.54) is 7.11 Å². The highest BCUT2D eigenvalue weighted by Crippen LogP contribution is 2.29. The molecule has 1 unspecified atom stereocenters. The van der Waals surface area contributed by atoms with Crippen LogP contribution in [0.15, 0.2) is 0 Å². The summed E-state index contributed by atoms with van der Waals surface area (Å²) in [5, 5.41) is 4.87. The highest BCUT2D eigenvalue weighted by Gasteiger charge is 2.32. The Balaban J connectivity index is 2.92. The number of hydrogen-bond donors (Lipinski definition) is 1. The third kappa shape index (κ3) is 4.16. The molecule has 6 heteroatoms. The zero-order chi connectivity index (χ0) is 14.5. The van der Waals surface area contributed by atoms with E-state index in [1.54, 1.807) is 11.7 Å². The van der Waals surface area contributed by atoms with Gasteiger partial charge in [-0.1, -0.05) is 18.5 Å². The maximum Gasteiger partial charge on any atom is 0.139 e. The zero-order valence-electron chi connectivity index (χ0n) is 11.9. The number of nitrogens with zero attached hydrogens (tertiary/aromatic N) is 2. The quantitative estimate of drug-likeness (QED) is 0.799. The number of ether oxygens (including phenoxy) is 1. The predicted octanol–water partition coefficient (Wildman–Crippen LogP) is 2.27. The van der Waals surface area contributed by atoms with Crippen LogP contribution in [0.4, 0.5) is 4.39 Å². The van der Waals surface area contributed by atoms with Crippen LogP contribution in [0.3, 0.4) is 0 Å². The Labute approximate surface area is 119 Å². The van der Waals surface area contributed by atoms with Gasteiger partial charge >= 0.3 is 0 Å². The van der Waals surface area contributed by atoms with Crippen LogP contribution in [0, 0.1) is 0 Å². The lowest BCUT2D eigenvalue weighted by molar-refractivity contribution is 0.0321. The standard InChI is InChI=1S/C13H23ClFN3O/c1-4-10-12(14)11(18(2)17-10)8-13(15,9-19-3)6-5-7-16/h4-9,16H2,1-3H3. The lowest BCUT2D eigenvalue weighted by Crippen LogP contribution is -2.33. The normalized spacial score (nSPS) is 14.6. The van der Waals surface area contributed by atoms with Gasteiger partial charge in [0.15, 0.2) is 0 Å². The fraction of sp³-hybridized carbons (Fsp3) is 0.769. The van der Waals surface area contributed by atoms with Crippen LogP contribution in [-0.2, 0) is 24.6 Å². The number of methoxy groups -OCH3 is 1. The Morgan fingerprint density at radius 2 is 2.21 bits per heavy atom. The molecular weight excluding hydrogens is 269 g/mol. The largest absolute Gasteiger partial charge is 0.381 e. The van der Waals surface area contributed by atoms with Gasteiger partial charge in [0.1, 0.15) is 5.67 Å². The molecule has 2 N–H and O–H groups in total. The summed E-state index contributed by atoms with van der Waals surface area (Å²) in [5.74, 6) is 0. The van der Waals surface area contributed by atoms with E-state index in [2.05, 4.69) is 5.10 Å². The second-order valence-corrected chi connectivity index (χ2v) is 5.22. The first-order chi connectivity index (χ1) is 8.97. The molecule has 0 aliphatic rings. The first-order valence-corrected chi connectivity index (χ1v) is 6.93. The first kappa shape index (κ1) is 16.4. The van der Waals surface area contributed by atoms with Crippen molar-refractivity contribution in [3.05, 3.63) is 16.4 Å². The van der Waals surface area contributed by atoms with E-state index in [0.717, 1.165) is 17.8 Å². The van der Waals surface area contributed by atoms with Crippen molar-refractivity contribution in [2.75, 3.05) is 20.3 Å². The Kier molecular flexibility index (Phi) is 6.23. The van der Waals surface area contributed by atoms with Gasteiger partial charge in [-0.2, -0.15) is 5.10 Å². The van der Waals surface area contributed by atoms with E-state index >= 15 is 0 Å². The topological polar surface area (TPSA) is 53.1 Å². The number of halogens is 2. The summed E-state index contributed by atoms with van der Waals surface area (Å²) in [6.07, 6.45) is 1.92. The molecule has 0 saturated carbocycles. The van der Waals surface area contributed by atoms with Gasteiger partial charge in [-0.15, -0.1) is 0 Å². The molecule has 0 aliphatic heterocycles. The van der Waals surface area contributed by atoms with Crippen LogP contribution < -0.4 is 5.73 Å². The maximum atomic E-state index is 14.9. The molecule has 0 saturated heterocycles. The predicted molar refractivity (Wildman–Crippen MR) is 75.3 cm³/mol. The third-order valence-corrected chi connectivity index (χ3v) is 3.66. The highest BCUT2D eigenvalue weighted by atomic mass is 35.5. The Bertz CT molecular complexity index is 411. The first-order valence-electron chi connectivity index (χ1n) is 6.55. The Hall–Kier alpha value is -0.650. The van der Waals surface area contributed by atoms with Gasteiger partial charge in [0.2, 0.25) is 0 Å². The van der Waals surface area contributed by atoms with Gasteiger partial charge in [0.05, 0.1) is 23.0 Å². The molecule has 1 heterocycles. The number of aromatic nitrogens is 2. The lowest BCUT2D eigenvalue weighted by atomic mass is 9.94. The van der Waals surface area contributed by atoms with Crippen LogP contribution in [0.5, 0.6) is 0 Å². The monoisotopic (exact) mass is 291 g/mol. The average Bonchev–Trinajstić information content (AvgIpc) is 2.64. The molecule has 0 spiro atoms. The van der Waals surface area contributed by atoms with Crippen LogP contribution >= 0.6 is 11.6 Å². The van der Waals surface area contributed by atoms with Crippen molar-refractivity contribution < 1.29 is 9.13 Å². The van der Waals surface area contributed by atoms with Gasteiger partial charge in [-0.3, -0.25) is 4.68 Å². The SMILES string of the molecule is CCc1nn(C)c(CC(F)(CCCN)COC)c1Cl. The second kappa shape index (κ2) is 7.22. The van der Waals surface area contributed by atoms with E-state index in [0.29, 0.717) is 24.4 Å². The molecule has 110 valence electrons. The minimum Gasteiger partial charge on any atom is -0.381 e. The van der Waals surface area contributed by atoms with Crippen molar-refractivity contribution >= 4 is 11.6 Å². The number of aryl methyl sites for hydroxylation is 2. The van der Waals surface area contributed by atoms with Crippen molar-refractivity contribution in [2.45, 2.75) is 38.3 Å². The van der Waals surface area contributed by atoms with Crippen LogP contribution in [0.2, 0.25) is 5.02 Å². The summed E-state index contributed by atoms with van der Waals surface area (Å²) in [6, 6.07) is 0. The van der Waals surface area contributed by atoms with Crippen LogP contribution in [0.25, 0.3) is 0 Å². The molecule has 1 atom stereocenters. The molecule has 1 rings (SSSR count). The molecule has 1 aromatic heterocycles. The van der Waals surface area contributed by atoms with Gasteiger partial charge in [0, 0.05) is 20.6 Å². The van der Waals surface area contributed by atoms with E-state index < -0.39 is 5.67 Å². The molecule has 0 aliphatic carbocycles. The second-order valence-electron chi connectivity index (χ2n) is 4.84. The van der Waals surface area contributed by atoms with Gasteiger partial charge in [-0.05, 0) is 25.8 Å². The number of hydrogen-bond acceptors (Lipinski definition) is 3. The van der Waals surface area contributed by atoms with Crippen molar-refractivity contribution in [1.29, 1.82) is 0 Å². The maximum absolute atomic E-state index is 14.9. The molecule has 19 heavy (non-hydrogen) atoms. The fourth-order valence-electron chi connectivity index (χ4n) is 2.20. The lowest BCUT2D eigenvalue weighted by Gasteiger charge is -2.24. The summed E-state index contributed by atoms with van der Waals surface area (Å²) in [7, 11) is 3.29. The van der Waals surface area contributed by atoms with E-state index in [9.17, 15) is 4.39 Å². The van der Waals surface area contributed by atoms with E-state index in [-0.39, 0.29) is 13.0 Å². The summed E-state index contributed by atoms with van der Waals surface area (Å²) in [4.78, 5) is 0. The van der Waals surface area contributed by atoms with Gasteiger partial charge in [0.25, 0.3) is 0 Å². The summed E-state index contributed by atoms with van der Waals surface area (Å²) in [6.45, 7) is 2.48. The molecule has 0 radical (unpaired) electrons. The smallest absolute Gasteiger partial charge is 0.139 e. The van der Waals surface area contributed by atoms with Crippen molar-refractivity contribution in [1.82, 2.24) is 9.78 Å². The summed E-state index contributed by atoms with van der Waals surface area (Å²) in [5.41, 5.74) is 5.53. The van der Waals surface area contributed by atoms with Crippen molar-refractivity contribution in [3.8, 4) is 0 Å². The molecule has 0 bridgehead atoms. The molecule has 0 fully saturated rings. The van der Waals surface area contributed by atoms with Crippen molar-refractivity contribution in [2.24, 2.45) is 12.8 Å². The minimum atomic E-state index is -1.45. The van der Waals surface area contributed by atoms with Crippen LogP contribution in [0.1, 0.15) is 31.2 Å². The van der Waals surface area contributed by atoms with E-state index in [4.69, 9.17) is 22.1 Å². The zero-order valence-corrected chi connectivity index (χ0v) is 12.6. The van der Waals surface area contributed by atoms with Gasteiger partial charge in [-0.25, -0.2) is 4.39 Å². The third-order valence-electron chi connectivity index (χ3n) is 3.22. The molecule has 0 amide bonds. The molecule has 4 nitrogen and oxygen atoms in total. The van der Waals surface area contributed by atoms with E-state index in [1.807, 2.05) is 6.92 Å². The number of alkyl halides is 1. The number of rotatable bonds is 8. The highest BCUT2D eigenvalue weighted by molar-refractivity contribution is 6.31. The molecular formula is C13H23ClFN3O. The Morgan fingerprint density at radius 1 is 1.53 bits per heavy atom. The summed E-state index contributed by atoms with van der Waals surface area (Å²) >= 11 is 6.25. The van der Waals surface area contributed by atoms with Crippen LogP contribution in [-0.4, -0.2) is 35.7 Å². The van der Waals surface area contributed by atoms with Gasteiger partial charge < -0.3 is 10.5 Å². The molecule has 0 aromatic carbocycles. The Morgan fingerprint density at radius 3 is 2.68 bits per heavy atom. The average molecular weight is 292 g/mol. The van der Waals surface area contributed by atoms with Crippen molar-refractivity contribution in [3.63, 3.8) is 0 Å². The fourth-order valence-corrected chi connectivity index (χ4v) is 2.56. The summed E-state index contributed by atoms with van der Waals surface area (Å²) < 4.78 is 21.5. The minimum absolute atomic E-state index is 0.0377. The number of nitrogens with two attached hydrogens (primary N) is 1.